The number of amides is 2. The zero-order chi connectivity index (χ0) is 21.1. The standard InChI is InChI=1S/C23H25BrN4O/c1-14-7-6-8-15(2)22(14)28-17(4)12-19(18(28)5)13-25-27-23(29)26-20-9-10-21(24)16(3)11-20/h6-13H,1-5H3,(H2,26,27,29). The number of carbonyl (C=O) groups excluding carboxylic acids is 1. The zero-order valence-electron chi connectivity index (χ0n) is 17.3. The number of hydrazone groups is 1. The molecule has 0 aliphatic carbocycles. The quantitative estimate of drug-likeness (QED) is 0.373. The van der Waals surface area contributed by atoms with E-state index in [2.05, 4.69) is 88.3 Å². The summed E-state index contributed by atoms with van der Waals surface area (Å²) in [6.45, 7) is 10.3. The van der Waals surface area contributed by atoms with Crippen LogP contribution < -0.4 is 10.7 Å². The van der Waals surface area contributed by atoms with Gasteiger partial charge in [-0.1, -0.05) is 34.1 Å². The number of benzene rings is 2. The summed E-state index contributed by atoms with van der Waals surface area (Å²) in [5, 5.41) is 6.90. The summed E-state index contributed by atoms with van der Waals surface area (Å²) in [6.07, 6.45) is 1.68. The van der Waals surface area contributed by atoms with E-state index in [1.165, 1.54) is 16.8 Å². The molecule has 29 heavy (non-hydrogen) atoms. The van der Waals surface area contributed by atoms with E-state index in [9.17, 15) is 4.79 Å². The lowest BCUT2D eigenvalue weighted by molar-refractivity contribution is 0.252. The lowest BCUT2D eigenvalue weighted by Crippen LogP contribution is -2.24. The highest BCUT2D eigenvalue weighted by Gasteiger charge is 2.13. The Morgan fingerprint density at radius 1 is 1.00 bits per heavy atom. The fourth-order valence-electron chi connectivity index (χ4n) is 3.46. The summed E-state index contributed by atoms with van der Waals surface area (Å²) in [7, 11) is 0. The average molecular weight is 453 g/mol. The minimum absolute atomic E-state index is 0.383. The third-order valence-corrected chi connectivity index (χ3v) is 5.81. The van der Waals surface area contributed by atoms with E-state index in [1.807, 2.05) is 25.1 Å². The van der Waals surface area contributed by atoms with Crippen molar-refractivity contribution in [2.75, 3.05) is 5.32 Å². The van der Waals surface area contributed by atoms with E-state index in [-0.39, 0.29) is 6.03 Å². The number of carbonyl (C=O) groups is 1. The molecule has 0 aliphatic rings. The van der Waals surface area contributed by atoms with Crippen molar-refractivity contribution in [2.45, 2.75) is 34.6 Å². The van der Waals surface area contributed by atoms with Gasteiger partial charge in [-0.15, -0.1) is 0 Å². The average Bonchev–Trinajstić information content (AvgIpc) is 2.92. The molecule has 1 aromatic heterocycles. The second-order valence-corrected chi connectivity index (χ2v) is 8.04. The molecule has 2 N–H and O–H groups in total. The minimum atomic E-state index is -0.383. The van der Waals surface area contributed by atoms with Crippen molar-refractivity contribution < 1.29 is 4.79 Å². The van der Waals surface area contributed by atoms with Gasteiger partial charge < -0.3 is 9.88 Å². The molecule has 0 spiro atoms. The lowest BCUT2D eigenvalue weighted by Gasteiger charge is -2.15. The molecular weight excluding hydrogens is 428 g/mol. The Morgan fingerprint density at radius 2 is 1.69 bits per heavy atom. The van der Waals surface area contributed by atoms with Crippen molar-refractivity contribution in [3.05, 3.63) is 80.6 Å². The van der Waals surface area contributed by atoms with Crippen molar-refractivity contribution in [1.29, 1.82) is 0 Å². The molecule has 2 aromatic carbocycles. The van der Waals surface area contributed by atoms with Crippen LogP contribution in [0, 0.1) is 34.6 Å². The summed E-state index contributed by atoms with van der Waals surface area (Å²) >= 11 is 3.45. The third kappa shape index (κ3) is 4.59. The Balaban J connectivity index is 1.74. The van der Waals surface area contributed by atoms with Crippen LogP contribution in [0.25, 0.3) is 5.69 Å². The number of hydrogen-bond donors (Lipinski definition) is 2. The van der Waals surface area contributed by atoms with Crippen molar-refractivity contribution in [3.63, 3.8) is 0 Å². The topological polar surface area (TPSA) is 58.4 Å². The van der Waals surface area contributed by atoms with Crippen molar-refractivity contribution >= 4 is 33.9 Å². The van der Waals surface area contributed by atoms with Crippen LogP contribution in [0.4, 0.5) is 10.5 Å². The normalized spacial score (nSPS) is 11.1. The minimum Gasteiger partial charge on any atom is -0.317 e. The Hall–Kier alpha value is -2.86. The van der Waals surface area contributed by atoms with Gasteiger partial charge in [-0.2, -0.15) is 5.10 Å². The molecule has 0 bridgehead atoms. The first-order chi connectivity index (χ1) is 13.8. The molecule has 0 radical (unpaired) electrons. The predicted octanol–water partition coefficient (Wildman–Crippen LogP) is 5.94. The van der Waals surface area contributed by atoms with Crippen LogP contribution in [0.3, 0.4) is 0 Å². The molecule has 6 heteroatoms. The van der Waals surface area contributed by atoms with Gasteiger partial charge in [0.2, 0.25) is 0 Å². The Labute approximate surface area is 180 Å². The molecule has 0 aliphatic heterocycles. The van der Waals surface area contributed by atoms with Crippen molar-refractivity contribution in [2.24, 2.45) is 5.10 Å². The summed E-state index contributed by atoms with van der Waals surface area (Å²) in [5.74, 6) is 0. The zero-order valence-corrected chi connectivity index (χ0v) is 18.9. The van der Waals surface area contributed by atoms with Gasteiger partial charge in [0, 0.05) is 27.1 Å². The van der Waals surface area contributed by atoms with Gasteiger partial charge in [0.25, 0.3) is 0 Å². The van der Waals surface area contributed by atoms with E-state index in [4.69, 9.17) is 0 Å². The third-order valence-electron chi connectivity index (χ3n) is 4.92. The van der Waals surface area contributed by atoms with E-state index in [0.717, 1.165) is 27.0 Å². The first-order valence-electron chi connectivity index (χ1n) is 9.39. The number of aromatic nitrogens is 1. The van der Waals surface area contributed by atoms with Crippen molar-refractivity contribution in [1.82, 2.24) is 9.99 Å². The predicted molar refractivity (Wildman–Crippen MR) is 123 cm³/mol. The fourth-order valence-corrected chi connectivity index (χ4v) is 3.71. The summed E-state index contributed by atoms with van der Waals surface area (Å²) in [5.41, 5.74) is 11.1. The van der Waals surface area contributed by atoms with Crippen molar-refractivity contribution in [3.8, 4) is 5.69 Å². The van der Waals surface area contributed by atoms with Gasteiger partial charge in [0.05, 0.1) is 11.9 Å². The molecule has 5 nitrogen and oxygen atoms in total. The van der Waals surface area contributed by atoms with Crippen LogP contribution in [-0.4, -0.2) is 16.8 Å². The number of halogens is 1. The maximum absolute atomic E-state index is 12.1. The fraction of sp³-hybridized carbons (Fsp3) is 0.217. The van der Waals surface area contributed by atoms with Gasteiger partial charge in [-0.25, -0.2) is 10.2 Å². The summed E-state index contributed by atoms with van der Waals surface area (Å²) in [6, 6.07) is 13.6. The van der Waals surface area contributed by atoms with Gasteiger partial charge in [-0.3, -0.25) is 0 Å². The molecule has 1 heterocycles. The van der Waals surface area contributed by atoms with Gasteiger partial charge in [-0.05, 0) is 75.6 Å². The van der Waals surface area contributed by atoms with Crippen LogP contribution in [-0.2, 0) is 0 Å². The number of rotatable bonds is 4. The first kappa shape index (κ1) is 20.9. The number of urea groups is 1. The Bertz CT molecular complexity index is 1080. The van der Waals surface area contributed by atoms with Crippen LogP contribution in [0.5, 0.6) is 0 Å². The smallest absolute Gasteiger partial charge is 0.317 e. The molecule has 3 aromatic rings. The molecule has 0 saturated heterocycles. The molecule has 0 saturated carbocycles. The molecule has 0 atom stereocenters. The highest BCUT2D eigenvalue weighted by atomic mass is 79.9. The number of anilines is 1. The first-order valence-corrected chi connectivity index (χ1v) is 10.2. The molecule has 2 amide bonds. The lowest BCUT2D eigenvalue weighted by atomic mass is 10.1. The SMILES string of the molecule is Cc1cc(NC(=O)NN=Cc2cc(C)n(-c3c(C)cccc3C)c2C)ccc1Br. The molecule has 0 fully saturated rings. The molecule has 3 rings (SSSR count). The van der Waals surface area contributed by atoms with E-state index in [1.54, 1.807) is 6.21 Å². The van der Waals surface area contributed by atoms with Crippen LogP contribution in [0.15, 0.2) is 52.0 Å². The van der Waals surface area contributed by atoms with Crippen LogP contribution in [0.2, 0.25) is 0 Å². The molecule has 150 valence electrons. The maximum atomic E-state index is 12.1. The summed E-state index contributed by atoms with van der Waals surface area (Å²) in [4.78, 5) is 12.1. The highest BCUT2D eigenvalue weighted by molar-refractivity contribution is 9.10. The van der Waals surface area contributed by atoms with Gasteiger partial charge >= 0.3 is 6.03 Å². The van der Waals surface area contributed by atoms with Crippen LogP contribution in [0.1, 0.15) is 33.6 Å². The number of aryl methyl sites for hydroxylation is 4. The molecular formula is C23H25BrN4O. The Morgan fingerprint density at radius 3 is 2.34 bits per heavy atom. The summed E-state index contributed by atoms with van der Waals surface area (Å²) < 4.78 is 3.23. The number of hydrogen-bond acceptors (Lipinski definition) is 2. The second kappa shape index (κ2) is 8.66. The molecule has 0 unspecified atom stereocenters. The number of nitrogens with one attached hydrogen (secondary N) is 2. The largest absolute Gasteiger partial charge is 0.339 e. The van der Waals surface area contributed by atoms with E-state index in [0.29, 0.717) is 5.69 Å². The monoisotopic (exact) mass is 452 g/mol. The number of nitrogens with zero attached hydrogens (tertiary/aromatic N) is 2. The number of para-hydroxylation sites is 1. The Kier molecular flexibility index (Phi) is 6.23. The van der Waals surface area contributed by atoms with Gasteiger partial charge in [0.15, 0.2) is 0 Å². The second-order valence-electron chi connectivity index (χ2n) is 7.19. The maximum Gasteiger partial charge on any atom is 0.339 e. The van der Waals surface area contributed by atoms with Gasteiger partial charge in [0.1, 0.15) is 0 Å². The highest BCUT2D eigenvalue weighted by Crippen LogP contribution is 2.25. The van der Waals surface area contributed by atoms with E-state index < -0.39 is 0 Å². The van der Waals surface area contributed by atoms with E-state index >= 15 is 0 Å². The van der Waals surface area contributed by atoms with Crippen LogP contribution >= 0.6 is 15.9 Å².